The van der Waals surface area contributed by atoms with Crippen molar-refractivity contribution in [2.24, 2.45) is 0 Å². The number of carboxylic acid groups (broad SMARTS) is 4. The summed E-state index contributed by atoms with van der Waals surface area (Å²) < 4.78 is 13.6. The van der Waals surface area contributed by atoms with Crippen LogP contribution in [0.5, 0.6) is 0 Å². The second-order valence-corrected chi connectivity index (χ2v) is 24.3. The third kappa shape index (κ3) is 56.7. The van der Waals surface area contributed by atoms with Gasteiger partial charge in [-0.3, -0.25) is 53.1 Å². The molecule has 621 valence electrons. The Balaban J connectivity index is -0.000000221. The number of aliphatic hydroxyl groups is 4. The van der Waals surface area contributed by atoms with Gasteiger partial charge in [-0.1, -0.05) is 106 Å². The molecule has 5 fully saturated rings. The van der Waals surface area contributed by atoms with E-state index < -0.39 is 89.8 Å². The Hall–Kier alpha value is -7.51. The van der Waals surface area contributed by atoms with Gasteiger partial charge in [-0.05, 0) is 76.8 Å². The molecule has 0 spiro atoms. The summed E-state index contributed by atoms with van der Waals surface area (Å²) >= 11 is 4.96. The number of carboxylic acids is 4. The van der Waals surface area contributed by atoms with E-state index in [1.165, 1.54) is 92.1 Å². The molecule has 3 aromatic carbocycles. The molecule has 35 nitrogen and oxygen atoms in total. The molecule has 5 aliphatic rings. The summed E-state index contributed by atoms with van der Waals surface area (Å²) in [6.07, 6.45) is -6.38. The van der Waals surface area contributed by atoms with Crippen LogP contribution in [0.15, 0.2) is 91.0 Å². The molecule has 8 rings (SSSR count). The standard InChI is InChI=1S/C16H22N2O3.C14H20N2O2.C11H16N2.2C7H14N2O2.C5H7ClO3.C5H8O4.C3H6O3.C2H2O4.2CH4.Li.2H2O.V/c1-13(21-14(2)19)16(20)18-10-8-17(9-11-18)12-15-6-4-3-5-7-15;1-12(17)14(18)16-9-7-15(8-10-16)11-13-5-3-2-4-6-13;1-2-4-11(5-3-1)10-13-8-6-12-7-9-13;2*1-6(10)7(11)9-4-2-8-3-5-9;1-3(5(6)8)9-4(2)7;1-3(5(7)8)9-4(2)6;1-2(4)3(5)6;3-1(4)2(5)6;;;;;;/h3-7,13H,8-12H2,1-2H3;2-6,12,17H,7-11H2,1H3;1-5,12H,6-10H2;2*6,8,10H,2-5H2,1H3;3H,1-2H3;3H,1-2H3,(H,7,8);2,4H,1H3,(H,5,6);(H,3,4)(H,5,6);2*1H4;;2*1H2;/q;;;;;;;;;;;+1;;;/p-1/t13-;12-;;2*6-;2*3-;2-;;;;;;;/m00.00000......./s1. The average molecular weight is 1620 g/mol. The van der Waals surface area contributed by atoms with Gasteiger partial charge in [0, 0.05) is 190 Å². The summed E-state index contributed by atoms with van der Waals surface area (Å²) in [5.41, 5.74) is 4.00. The maximum Gasteiger partial charge on any atom is 1.00 e. The third-order valence-corrected chi connectivity index (χ3v) is 15.1. The molecular weight excluding hydrogens is 1500 g/mol. The van der Waals surface area contributed by atoms with Crippen molar-refractivity contribution >= 4 is 82.3 Å². The number of aliphatic carboxylic acids is 4. The molecule has 0 aliphatic carbocycles. The Morgan fingerprint density at radius 3 is 0.809 bits per heavy atom. The number of rotatable bonds is 16. The zero-order valence-electron chi connectivity index (χ0n) is 63.6. The van der Waals surface area contributed by atoms with Crippen LogP contribution in [-0.4, -0.2) is 330 Å². The number of nitrogens with one attached hydrogen (secondary N) is 3. The van der Waals surface area contributed by atoms with E-state index in [1.807, 2.05) is 36.4 Å². The van der Waals surface area contributed by atoms with Gasteiger partial charge in [0.2, 0.25) is 0 Å². The molecule has 38 heteroatoms. The van der Waals surface area contributed by atoms with Crippen molar-refractivity contribution in [3.63, 3.8) is 0 Å². The molecule has 3 aromatic rings. The fourth-order valence-corrected chi connectivity index (χ4v) is 9.41. The predicted octanol–water partition coefficient (Wildman–Crippen LogP) is -2.71. The van der Waals surface area contributed by atoms with Gasteiger partial charge < -0.3 is 102 Å². The monoisotopic (exact) mass is 1620 g/mol. The van der Waals surface area contributed by atoms with Crippen LogP contribution in [0.4, 0.5) is 0 Å². The Kier molecular flexibility index (Phi) is 70.7. The normalized spacial score (nSPS) is 16.0. The first-order chi connectivity index (χ1) is 49.0. The van der Waals surface area contributed by atoms with Gasteiger partial charge in [0.1, 0.15) is 24.4 Å². The largest absolute Gasteiger partial charge is 1.00 e. The minimum absolute atomic E-state index is 0. The van der Waals surface area contributed by atoms with Crippen molar-refractivity contribution in [2.45, 2.75) is 146 Å². The molecule has 0 unspecified atom stereocenters. The number of nitrogens with zero attached hydrogens (tertiary/aromatic N) is 7. The van der Waals surface area contributed by atoms with Gasteiger partial charge >= 0.3 is 60.6 Å². The van der Waals surface area contributed by atoms with Gasteiger partial charge in [0.15, 0.2) is 18.3 Å². The smallest absolute Gasteiger partial charge is 0.870 e. The molecule has 0 saturated carbocycles. The number of aliphatic hydroxyl groups excluding tert-OH is 4. The third-order valence-electron chi connectivity index (χ3n) is 14.8. The molecule has 1 radical (unpaired) electrons. The summed E-state index contributed by atoms with van der Waals surface area (Å²) in [4.78, 5) is 139. The molecular formula is C72H120ClLiN10O25V. The van der Waals surface area contributed by atoms with E-state index >= 15 is 0 Å². The van der Waals surface area contributed by atoms with E-state index in [9.17, 15) is 53.1 Å². The number of carbonyl (C=O) groups is 12. The van der Waals surface area contributed by atoms with Crippen LogP contribution in [0, 0.1) is 0 Å². The minimum Gasteiger partial charge on any atom is -0.870 e. The van der Waals surface area contributed by atoms with E-state index in [0.717, 1.165) is 85.1 Å². The van der Waals surface area contributed by atoms with E-state index in [0.29, 0.717) is 52.4 Å². The number of hydrogen-bond donors (Lipinski definition) is 11. The summed E-state index contributed by atoms with van der Waals surface area (Å²) in [7, 11) is 0. The number of ether oxygens (including phenoxy) is 3. The number of benzene rings is 3. The molecule has 5 saturated heterocycles. The van der Waals surface area contributed by atoms with E-state index in [2.05, 4.69) is 94.7 Å². The Bertz CT molecular complexity index is 2940. The van der Waals surface area contributed by atoms with Gasteiger partial charge in [0.25, 0.3) is 28.9 Å². The van der Waals surface area contributed by atoms with Crippen molar-refractivity contribution in [2.75, 3.05) is 131 Å². The fourth-order valence-electron chi connectivity index (χ4n) is 9.36. The topological polar surface area (TPSA) is 515 Å². The maximum atomic E-state index is 12.1. The first-order valence-corrected chi connectivity index (χ1v) is 34.3. The van der Waals surface area contributed by atoms with E-state index in [4.69, 9.17) is 61.7 Å². The average Bonchev–Trinajstić information content (AvgIpc) is 0.870. The van der Waals surface area contributed by atoms with Crippen LogP contribution in [0.3, 0.4) is 0 Å². The van der Waals surface area contributed by atoms with Crippen molar-refractivity contribution in [3.05, 3.63) is 108 Å². The minimum atomic E-state index is -1.82. The molecule has 0 bridgehead atoms. The van der Waals surface area contributed by atoms with Crippen molar-refractivity contribution < 1.29 is 161 Å². The summed E-state index contributed by atoms with van der Waals surface area (Å²) in [6, 6.07) is 31.3. The first-order valence-electron chi connectivity index (χ1n) is 33.9. The zero-order valence-corrected chi connectivity index (χ0v) is 65.7. The van der Waals surface area contributed by atoms with Crippen molar-refractivity contribution in [1.29, 1.82) is 0 Å². The van der Waals surface area contributed by atoms with Gasteiger partial charge in [-0.2, -0.15) is 0 Å². The molecule has 14 N–H and O–H groups in total. The number of halogens is 1. The van der Waals surface area contributed by atoms with Crippen molar-refractivity contribution in [3.8, 4) is 0 Å². The van der Waals surface area contributed by atoms with Crippen molar-refractivity contribution in [1.82, 2.24) is 50.2 Å². The Labute approximate surface area is 674 Å². The Morgan fingerprint density at radius 1 is 0.373 bits per heavy atom. The summed E-state index contributed by atoms with van der Waals surface area (Å²) in [5, 5.41) is 74.9. The Morgan fingerprint density at radius 2 is 0.600 bits per heavy atom. The quantitative estimate of drug-likeness (QED) is 0.0228. The second-order valence-electron chi connectivity index (χ2n) is 23.9. The van der Waals surface area contributed by atoms with Gasteiger partial charge in [-0.15, -0.1) is 0 Å². The summed E-state index contributed by atoms with van der Waals surface area (Å²) in [6.45, 7) is 33.7. The number of hydrogen-bond acceptors (Lipinski definition) is 26. The molecule has 0 aromatic heterocycles. The molecule has 7 atom stereocenters. The fraction of sp³-hybridized carbons (Fsp3) is 0.583. The first kappa shape index (κ1) is 116. The molecule has 5 aliphatic heterocycles. The van der Waals surface area contributed by atoms with Gasteiger partial charge in [0.05, 0.1) is 0 Å². The number of esters is 3. The zero-order chi connectivity index (χ0) is 78.9. The van der Waals surface area contributed by atoms with E-state index in [-0.39, 0.29) is 86.9 Å². The van der Waals surface area contributed by atoms with Crippen LogP contribution in [-0.2, 0) is 110 Å². The van der Waals surface area contributed by atoms with Crippen LogP contribution >= 0.6 is 11.6 Å². The second kappa shape index (κ2) is 67.2. The predicted molar refractivity (Wildman–Crippen MR) is 401 cm³/mol. The van der Waals surface area contributed by atoms with Crippen LogP contribution in [0.1, 0.15) is 101 Å². The maximum absolute atomic E-state index is 12.1. The van der Waals surface area contributed by atoms with Crippen LogP contribution in [0.25, 0.3) is 0 Å². The number of piperazine rings is 5. The van der Waals surface area contributed by atoms with E-state index in [1.54, 1.807) is 26.5 Å². The number of amides is 4. The van der Waals surface area contributed by atoms with Gasteiger partial charge in [-0.25, -0.2) is 19.2 Å². The number of carbonyl (C=O) groups excluding carboxylic acids is 8. The molecule has 4 amide bonds. The summed E-state index contributed by atoms with van der Waals surface area (Å²) in [5.74, 6) is -8.05. The van der Waals surface area contributed by atoms with Crippen LogP contribution in [0.2, 0.25) is 0 Å². The SMILES string of the molecule is C.C.CC(=O)O[C@@H](C)C(=O)Cl.CC(=O)O[C@@H](C)C(=O)N1CCN(Cc2ccccc2)CC1.CC(=O)O[C@@H](C)C(=O)O.C[C@H](O)C(=O)N1CCN(Cc2ccccc2)CC1.C[C@H](O)C(=O)N1CCNCC1.C[C@H](O)C(=O)N1CCNCC1.C[C@H](O)C(=O)O.O.O=C(O)C(=O)O.[Li+].[OH-].[V].c1ccc(CN2CCNCC2)cc1. The molecule has 5 heterocycles. The van der Waals surface area contributed by atoms with Crippen LogP contribution < -0.4 is 34.8 Å². The molecule has 110 heavy (non-hydrogen) atoms.